The van der Waals surface area contributed by atoms with Crippen molar-refractivity contribution in [1.82, 2.24) is 9.80 Å². The Morgan fingerprint density at radius 3 is 2.35 bits per heavy atom. The van der Waals surface area contributed by atoms with Crippen molar-refractivity contribution in [3.8, 4) is 0 Å². The summed E-state index contributed by atoms with van der Waals surface area (Å²) in [6.07, 6.45) is 0.635. The van der Waals surface area contributed by atoms with Crippen LogP contribution in [0.15, 0.2) is 35.4 Å². The molecule has 1 saturated heterocycles. The lowest BCUT2D eigenvalue weighted by Gasteiger charge is -2.28. The van der Waals surface area contributed by atoms with Crippen molar-refractivity contribution < 1.29 is 19.5 Å². The Kier molecular flexibility index (Phi) is 3.90. The van der Waals surface area contributed by atoms with Crippen molar-refractivity contribution in [1.29, 1.82) is 0 Å². The molecule has 2 aliphatic rings. The van der Waals surface area contributed by atoms with Gasteiger partial charge in [-0.3, -0.25) is 14.5 Å². The first-order valence-electron chi connectivity index (χ1n) is 7.59. The summed E-state index contributed by atoms with van der Waals surface area (Å²) >= 11 is 0. The summed E-state index contributed by atoms with van der Waals surface area (Å²) in [6.45, 7) is 2.96. The molecule has 1 fully saturated rings. The molecule has 0 saturated carbocycles. The van der Waals surface area contributed by atoms with Gasteiger partial charge in [-0.1, -0.05) is 17.7 Å². The maximum Gasteiger partial charge on any atom is 0.407 e. The third-order valence-electron chi connectivity index (χ3n) is 4.44. The van der Waals surface area contributed by atoms with Gasteiger partial charge in [0.25, 0.3) is 11.8 Å². The second-order valence-corrected chi connectivity index (χ2v) is 5.93. The smallest absolute Gasteiger partial charge is 0.407 e. The van der Waals surface area contributed by atoms with Gasteiger partial charge in [0.2, 0.25) is 0 Å². The van der Waals surface area contributed by atoms with E-state index in [0.717, 1.165) is 24.0 Å². The van der Waals surface area contributed by atoms with Crippen LogP contribution in [0.2, 0.25) is 0 Å². The number of carbonyl (C=O) groups is 3. The summed E-state index contributed by atoms with van der Waals surface area (Å²) in [5, 5.41) is 9.11. The first-order chi connectivity index (χ1) is 11.0. The fraction of sp³-hybridized carbons (Fsp3) is 0.353. The van der Waals surface area contributed by atoms with Crippen LogP contribution in [0, 0.1) is 0 Å². The highest BCUT2D eigenvalue weighted by Crippen LogP contribution is 2.25. The molecule has 120 valence electrons. The average molecular weight is 314 g/mol. The van der Waals surface area contributed by atoms with Gasteiger partial charge in [0.05, 0.1) is 17.7 Å². The van der Waals surface area contributed by atoms with Crippen molar-refractivity contribution in [2.45, 2.75) is 19.8 Å². The van der Waals surface area contributed by atoms with Gasteiger partial charge >= 0.3 is 6.09 Å². The summed E-state index contributed by atoms with van der Waals surface area (Å²) in [7, 11) is 0. The van der Waals surface area contributed by atoms with Crippen LogP contribution in [-0.2, 0) is 0 Å². The Bertz CT molecular complexity index is 688. The van der Waals surface area contributed by atoms with Gasteiger partial charge < -0.3 is 10.0 Å². The molecule has 1 N–H and O–H groups in total. The molecule has 0 atom stereocenters. The zero-order valence-corrected chi connectivity index (χ0v) is 12.9. The molecule has 0 unspecified atom stereocenters. The van der Waals surface area contributed by atoms with E-state index in [4.69, 9.17) is 5.11 Å². The zero-order chi connectivity index (χ0) is 16.6. The van der Waals surface area contributed by atoms with Crippen LogP contribution in [-0.4, -0.2) is 52.4 Å². The summed E-state index contributed by atoms with van der Waals surface area (Å²) in [4.78, 5) is 38.5. The monoisotopic (exact) mass is 314 g/mol. The van der Waals surface area contributed by atoms with E-state index in [-0.39, 0.29) is 18.4 Å². The van der Waals surface area contributed by atoms with E-state index in [0.29, 0.717) is 24.2 Å². The maximum absolute atomic E-state index is 12.4. The minimum absolute atomic E-state index is 0.217. The van der Waals surface area contributed by atoms with Gasteiger partial charge in [0.15, 0.2) is 0 Å². The Hall–Kier alpha value is -2.63. The highest BCUT2D eigenvalue weighted by atomic mass is 16.4. The predicted molar refractivity (Wildman–Crippen MR) is 83.3 cm³/mol. The lowest BCUT2D eigenvalue weighted by molar-refractivity contribution is 0.0666. The molecular formula is C17H18N2O4. The Morgan fingerprint density at radius 1 is 1.17 bits per heavy atom. The summed E-state index contributed by atoms with van der Waals surface area (Å²) in [6, 6.07) is 6.80. The first kappa shape index (κ1) is 15.3. The second kappa shape index (κ2) is 5.87. The first-order valence-corrected chi connectivity index (χ1v) is 7.59. The number of imide groups is 1. The van der Waals surface area contributed by atoms with Gasteiger partial charge in [0.1, 0.15) is 0 Å². The molecule has 3 rings (SSSR count). The Balaban J connectivity index is 1.80. The highest BCUT2D eigenvalue weighted by molar-refractivity contribution is 6.21. The lowest BCUT2D eigenvalue weighted by atomic mass is 9.99. The van der Waals surface area contributed by atoms with Gasteiger partial charge in [-0.15, -0.1) is 0 Å². The van der Waals surface area contributed by atoms with Crippen molar-refractivity contribution in [3.63, 3.8) is 0 Å². The second-order valence-electron chi connectivity index (χ2n) is 5.93. The van der Waals surface area contributed by atoms with Crippen LogP contribution < -0.4 is 0 Å². The zero-order valence-electron chi connectivity index (χ0n) is 12.9. The standard InChI is InChI=1S/C17H18N2O4/c1-11(12-5-4-8-18(10-12)17(22)23)9-19-15(20)13-6-2-3-7-14(13)16(19)21/h2-3,6-7H,4-5,8-10H2,1H3,(H,22,23)/b12-11-. The molecule has 1 aromatic carbocycles. The molecular weight excluding hydrogens is 296 g/mol. The number of hydrogen-bond donors (Lipinski definition) is 1. The molecule has 2 aliphatic heterocycles. The largest absolute Gasteiger partial charge is 0.465 e. The summed E-state index contributed by atoms with van der Waals surface area (Å²) < 4.78 is 0. The minimum Gasteiger partial charge on any atom is -0.465 e. The third-order valence-corrected chi connectivity index (χ3v) is 4.44. The number of piperidine rings is 1. The number of carboxylic acid groups (broad SMARTS) is 1. The number of nitrogens with zero attached hydrogens (tertiary/aromatic N) is 2. The van der Waals surface area contributed by atoms with Crippen molar-refractivity contribution in [3.05, 3.63) is 46.5 Å². The number of hydrogen-bond acceptors (Lipinski definition) is 3. The topological polar surface area (TPSA) is 77.9 Å². The van der Waals surface area contributed by atoms with Crippen molar-refractivity contribution in [2.75, 3.05) is 19.6 Å². The lowest BCUT2D eigenvalue weighted by Crippen LogP contribution is -2.37. The van der Waals surface area contributed by atoms with E-state index in [9.17, 15) is 14.4 Å². The maximum atomic E-state index is 12.4. The number of amides is 3. The number of fused-ring (bicyclic) bond motifs is 1. The minimum atomic E-state index is -0.935. The van der Waals surface area contributed by atoms with Gasteiger partial charge in [-0.25, -0.2) is 4.79 Å². The molecule has 1 aromatic rings. The molecule has 2 heterocycles. The van der Waals surface area contributed by atoms with Crippen LogP contribution in [0.3, 0.4) is 0 Å². The van der Waals surface area contributed by atoms with E-state index in [2.05, 4.69) is 0 Å². The van der Waals surface area contributed by atoms with Crippen molar-refractivity contribution in [2.24, 2.45) is 0 Å². The van der Waals surface area contributed by atoms with E-state index < -0.39 is 6.09 Å². The van der Waals surface area contributed by atoms with Crippen LogP contribution >= 0.6 is 0 Å². The van der Waals surface area contributed by atoms with E-state index in [1.165, 1.54) is 9.80 Å². The number of benzene rings is 1. The fourth-order valence-electron chi connectivity index (χ4n) is 3.12. The average Bonchev–Trinajstić information content (AvgIpc) is 2.80. The van der Waals surface area contributed by atoms with Crippen LogP contribution in [0.1, 0.15) is 40.5 Å². The molecule has 23 heavy (non-hydrogen) atoms. The number of carbonyl (C=O) groups excluding carboxylic acids is 2. The summed E-state index contributed by atoms with van der Waals surface area (Å²) in [5.41, 5.74) is 2.76. The molecule has 0 aromatic heterocycles. The molecule has 0 spiro atoms. The third kappa shape index (κ3) is 2.72. The van der Waals surface area contributed by atoms with Crippen LogP contribution in [0.5, 0.6) is 0 Å². The molecule has 3 amide bonds. The van der Waals surface area contributed by atoms with Crippen molar-refractivity contribution >= 4 is 17.9 Å². The van der Waals surface area contributed by atoms with E-state index in [1.54, 1.807) is 24.3 Å². The van der Waals surface area contributed by atoms with E-state index >= 15 is 0 Å². The molecule has 0 bridgehead atoms. The number of likely N-dealkylation sites (tertiary alicyclic amines) is 1. The van der Waals surface area contributed by atoms with E-state index in [1.807, 2.05) is 6.92 Å². The molecule has 6 nitrogen and oxygen atoms in total. The summed E-state index contributed by atoms with van der Waals surface area (Å²) in [5.74, 6) is -0.562. The Morgan fingerprint density at radius 2 is 1.78 bits per heavy atom. The normalized spacial score (nSPS) is 19.9. The van der Waals surface area contributed by atoms with Gasteiger partial charge in [0, 0.05) is 13.1 Å². The number of rotatable bonds is 2. The van der Waals surface area contributed by atoms with Crippen LogP contribution in [0.4, 0.5) is 4.79 Å². The van der Waals surface area contributed by atoms with Gasteiger partial charge in [-0.2, -0.15) is 0 Å². The molecule has 0 radical (unpaired) electrons. The van der Waals surface area contributed by atoms with Gasteiger partial charge in [-0.05, 0) is 37.5 Å². The molecule has 0 aliphatic carbocycles. The predicted octanol–water partition coefficient (Wildman–Crippen LogP) is 2.37. The SMILES string of the molecule is C/C(CN1C(=O)c2ccccc2C1=O)=C1\CCCN(C(=O)O)C1. The Labute approximate surface area is 134 Å². The molecule has 6 heteroatoms. The van der Waals surface area contributed by atoms with Crippen LogP contribution in [0.25, 0.3) is 0 Å². The highest BCUT2D eigenvalue weighted by Gasteiger charge is 2.35. The fourth-order valence-corrected chi connectivity index (χ4v) is 3.12. The quantitative estimate of drug-likeness (QED) is 0.671.